The number of nitrogens with two attached hydrogens (primary N) is 2. The van der Waals surface area contributed by atoms with Crippen molar-refractivity contribution in [2.45, 2.75) is 25.4 Å². The number of aromatic amines is 1. The minimum atomic E-state index is -1.33. The van der Waals surface area contributed by atoms with Gasteiger partial charge in [-0.05, 0) is 30.7 Å². The van der Waals surface area contributed by atoms with Gasteiger partial charge in [0.1, 0.15) is 6.04 Å². The van der Waals surface area contributed by atoms with E-state index >= 15 is 0 Å². The standard InChI is InChI=1S/C19H20N8O6.2Na.2H/c20-19-25-15-14(17(31)26-19)23-10(7-22-15)8-27(21)11-3-1-9(2-4-11)16(30)24-12(18(32)33)5-6-13(28)29;;;;/h1-4,7,12H,5-6,8,21H2,(H,24,30)(H,28,29)(H,32,33)(H3,20,22,25,26,31);;;;/t12-;;;;/m0..../s1. The predicted molar refractivity (Wildman–Crippen MR) is 129 cm³/mol. The molecule has 3 aromatic rings. The number of hydrogen-bond acceptors (Lipinski definition) is 10. The molecule has 0 aliphatic rings. The second-order valence-electron chi connectivity index (χ2n) is 6.96. The second-order valence-corrected chi connectivity index (χ2v) is 6.96. The van der Waals surface area contributed by atoms with Crippen molar-refractivity contribution >= 4 is 99.8 Å². The number of aromatic nitrogens is 4. The van der Waals surface area contributed by atoms with Gasteiger partial charge in [-0.3, -0.25) is 14.4 Å². The Morgan fingerprint density at radius 3 is 2.37 bits per heavy atom. The van der Waals surface area contributed by atoms with Crippen LogP contribution in [0.25, 0.3) is 11.2 Å². The molecule has 0 aliphatic heterocycles. The van der Waals surface area contributed by atoms with Gasteiger partial charge in [0.05, 0.1) is 24.1 Å². The molecular weight excluding hydrogens is 482 g/mol. The van der Waals surface area contributed by atoms with Crippen LogP contribution in [0.2, 0.25) is 0 Å². The first-order chi connectivity index (χ1) is 15.6. The molecule has 0 saturated heterocycles. The number of anilines is 2. The molecule has 14 nitrogen and oxygen atoms in total. The molecule has 0 bridgehead atoms. The Hall–Kier alpha value is -2.59. The summed E-state index contributed by atoms with van der Waals surface area (Å²) in [6.07, 6.45) is 0.774. The minimum absolute atomic E-state index is 0. The van der Waals surface area contributed by atoms with E-state index in [-0.39, 0.29) is 94.8 Å². The molecule has 0 fully saturated rings. The molecule has 16 heteroatoms. The topological polar surface area (TPSA) is 231 Å². The molecule has 1 atom stereocenters. The van der Waals surface area contributed by atoms with E-state index in [1.807, 2.05) is 0 Å². The zero-order chi connectivity index (χ0) is 24.1. The Balaban J connectivity index is 0.00000306. The van der Waals surface area contributed by atoms with Gasteiger partial charge in [0.25, 0.3) is 5.91 Å². The van der Waals surface area contributed by atoms with Crippen molar-refractivity contribution in [3.63, 3.8) is 0 Å². The summed E-state index contributed by atoms with van der Waals surface area (Å²) in [6, 6.07) is 4.60. The number of carboxylic acids is 2. The van der Waals surface area contributed by atoms with E-state index < -0.39 is 35.9 Å². The van der Waals surface area contributed by atoms with Crippen LogP contribution in [-0.2, 0) is 16.1 Å². The van der Waals surface area contributed by atoms with E-state index in [0.717, 1.165) is 0 Å². The van der Waals surface area contributed by atoms with Gasteiger partial charge in [-0.25, -0.2) is 20.6 Å². The van der Waals surface area contributed by atoms with Crippen molar-refractivity contribution in [2.75, 3.05) is 10.7 Å². The average Bonchev–Trinajstić information content (AvgIpc) is 2.76. The molecule has 1 aromatic carbocycles. The van der Waals surface area contributed by atoms with Crippen LogP contribution in [0.3, 0.4) is 0 Å². The Morgan fingerprint density at radius 1 is 1.11 bits per heavy atom. The average molecular weight is 504 g/mol. The number of carbonyl (C=O) groups is 3. The van der Waals surface area contributed by atoms with E-state index in [1.54, 1.807) is 0 Å². The Kier molecular flexibility index (Phi) is 11.7. The number of rotatable bonds is 9. The fourth-order valence-corrected chi connectivity index (χ4v) is 2.89. The molecule has 0 radical (unpaired) electrons. The summed E-state index contributed by atoms with van der Waals surface area (Å²) in [7, 11) is 0. The summed E-state index contributed by atoms with van der Waals surface area (Å²) < 4.78 is 0. The zero-order valence-corrected chi connectivity index (χ0v) is 17.1. The van der Waals surface area contributed by atoms with Gasteiger partial charge < -0.3 is 31.3 Å². The molecular formula is C19H22N8Na2O6. The van der Waals surface area contributed by atoms with E-state index in [4.69, 9.17) is 21.8 Å². The number of nitrogen functional groups attached to an aromatic ring is 1. The first-order valence-corrected chi connectivity index (χ1v) is 9.53. The number of benzene rings is 1. The Labute approximate surface area is 242 Å². The monoisotopic (exact) mass is 504 g/mol. The third kappa shape index (κ3) is 8.24. The number of carbonyl (C=O) groups excluding carboxylic acids is 1. The molecule has 0 unspecified atom stereocenters. The van der Waals surface area contributed by atoms with Gasteiger partial charge >= 0.3 is 76.6 Å². The number of hydrogen-bond donors (Lipinski definition) is 6. The fourth-order valence-electron chi connectivity index (χ4n) is 2.89. The van der Waals surface area contributed by atoms with E-state index in [1.165, 1.54) is 35.5 Å². The molecule has 35 heavy (non-hydrogen) atoms. The van der Waals surface area contributed by atoms with Gasteiger partial charge in [0, 0.05) is 12.0 Å². The van der Waals surface area contributed by atoms with Gasteiger partial charge in [-0.15, -0.1) is 0 Å². The first kappa shape index (κ1) is 30.4. The van der Waals surface area contributed by atoms with Gasteiger partial charge in [-0.2, -0.15) is 4.98 Å². The second kappa shape index (κ2) is 13.5. The number of nitrogens with one attached hydrogen (secondary N) is 2. The van der Waals surface area contributed by atoms with Crippen LogP contribution in [0, 0.1) is 0 Å². The SMILES string of the molecule is Nc1nc(=O)c2nc(CN(N)c3ccc(C(=O)N[C@@H](CCC(=O)O)C(=O)O)cc3)cnc2[nH]1.[NaH].[NaH]. The van der Waals surface area contributed by atoms with Crippen molar-refractivity contribution in [1.29, 1.82) is 0 Å². The molecule has 0 spiro atoms. The fraction of sp³-hybridized carbons (Fsp3) is 0.211. The molecule has 2 aromatic heterocycles. The van der Waals surface area contributed by atoms with E-state index in [9.17, 15) is 19.2 Å². The van der Waals surface area contributed by atoms with Crippen LogP contribution in [-0.4, -0.2) is 113 Å². The summed E-state index contributed by atoms with van der Waals surface area (Å²) in [6.45, 7) is 0.0780. The van der Waals surface area contributed by atoms with E-state index in [2.05, 4.69) is 25.3 Å². The number of nitrogens with zero attached hydrogens (tertiary/aromatic N) is 4. The van der Waals surface area contributed by atoms with Crippen LogP contribution in [0.4, 0.5) is 11.6 Å². The Morgan fingerprint density at radius 2 is 1.77 bits per heavy atom. The number of hydrazine groups is 1. The summed E-state index contributed by atoms with van der Waals surface area (Å²) in [4.78, 5) is 60.7. The van der Waals surface area contributed by atoms with Gasteiger partial charge in [0.2, 0.25) is 5.95 Å². The van der Waals surface area contributed by atoms with Crippen LogP contribution in [0.15, 0.2) is 35.3 Å². The van der Waals surface area contributed by atoms with Crippen molar-refractivity contribution in [3.8, 4) is 0 Å². The van der Waals surface area contributed by atoms with Crippen LogP contribution in [0.1, 0.15) is 28.9 Å². The maximum atomic E-state index is 12.3. The number of fused-ring (bicyclic) bond motifs is 1. The number of carboxylic acid groups (broad SMARTS) is 2. The summed E-state index contributed by atoms with van der Waals surface area (Å²) in [5.41, 5.74) is 6.10. The van der Waals surface area contributed by atoms with E-state index in [0.29, 0.717) is 11.4 Å². The molecule has 1 amide bonds. The molecule has 8 N–H and O–H groups in total. The Bertz CT molecular complexity index is 1270. The predicted octanol–water partition coefficient (Wildman–Crippen LogP) is -2.07. The molecule has 2 heterocycles. The zero-order valence-electron chi connectivity index (χ0n) is 17.1. The molecule has 3 rings (SSSR count). The van der Waals surface area contributed by atoms with Crippen molar-refractivity contribution in [2.24, 2.45) is 5.84 Å². The molecule has 176 valence electrons. The third-order valence-corrected chi connectivity index (χ3v) is 4.54. The summed E-state index contributed by atoms with van der Waals surface area (Å²) >= 11 is 0. The van der Waals surface area contributed by atoms with Gasteiger partial charge in [-0.1, -0.05) is 0 Å². The normalized spacial score (nSPS) is 11.0. The molecule has 0 aliphatic carbocycles. The number of aliphatic carboxylic acids is 2. The summed E-state index contributed by atoms with van der Waals surface area (Å²) in [5, 5.41) is 21.5. The number of H-pyrrole nitrogens is 1. The number of amides is 1. The van der Waals surface area contributed by atoms with Crippen molar-refractivity contribution in [3.05, 3.63) is 52.1 Å². The van der Waals surface area contributed by atoms with Crippen LogP contribution < -0.4 is 27.5 Å². The van der Waals surface area contributed by atoms with Crippen molar-refractivity contribution < 1.29 is 24.6 Å². The van der Waals surface area contributed by atoms with Gasteiger partial charge in [0.15, 0.2) is 11.2 Å². The first-order valence-electron chi connectivity index (χ1n) is 9.53. The van der Waals surface area contributed by atoms with Crippen LogP contribution >= 0.6 is 0 Å². The maximum absolute atomic E-state index is 12.3. The summed E-state index contributed by atoms with van der Waals surface area (Å²) in [5.74, 6) is 2.82. The third-order valence-electron chi connectivity index (χ3n) is 4.54. The van der Waals surface area contributed by atoms with Crippen molar-refractivity contribution in [1.82, 2.24) is 25.3 Å². The quantitative estimate of drug-likeness (QED) is 0.105. The van der Waals surface area contributed by atoms with Crippen LogP contribution in [0.5, 0.6) is 0 Å². The molecule has 0 saturated carbocycles.